The molecule has 2 aromatic rings. The summed E-state index contributed by atoms with van der Waals surface area (Å²) in [7, 11) is 1.61. The highest BCUT2D eigenvalue weighted by Gasteiger charge is 2.33. The van der Waals surface area contributed by atoms with Crippen molar-refractivity contribution in [3.05, 3.63) is 29.7 Å². The lowest BCUT2D eigenvalue weighted by Crippen LogP contribution is -2.18. The summed E-state index contributed by atoms with van der Waals surface area (Å²) in [5.41, 5.74) is -0.317. The maximum absolute atomic E-state index is 12.8. The molecule has 2 aromatic heterocycles. The second-order valence-corrected chi connectivity index (χ2v) is 4.76. The standard InChI is InChI=1S/C12H13F3N4O/c1-20-8-4-9(16-5-8)11-18-17-10-3-2-7(6-19(10)11)12(13,14)15/h2-3,6,8-9,16H,4-5H2,1H3. The van der Waals surface area contributed by atoms with Gasteiger partial charge in [-0.2, -0.15) is 13.2 Å². The third kappa shape index (κ3) is 2.25. The Hall–Kier alpha value is -1.67. The summed E-state index contributed by atoms with van der Waals surface area (Å²) >= 11 is 0. The van der Waals surface area contributed by atoms with Crippen molar-refractivity contribution in [3.63, 3.8) is 0 Å². The predicted molar refractivity (Wildman–Crippen MR) is 64.1 cm³/mol. The molecule has 0 aromatic carbocycles. The molecule has 0 aliphatic carbocycles. The van der Waals surface area contributed by atoms with Gasteiger partial charge in [0.2, 0.25) is 0 Å². The number of hydrogen-bond donors (Lipinski definition) is 1. The van der Waals surface area contributed by atoms with Crippen LogP contribution in [0.2, 0.25) is 0 Å². The molecule has 0 amide bonds. The Kier molecular flexibility index (Phi) is 3.14. The Morgan fingerprint density at radius 1 is 1.35 bits per heavy atom. The van der Waals surface area contributed by atoms with Crippen LogP contribution in [0.1, 0.15) is 23.9 Å². The fourth-order valence-electron chi connectivity index (χ4n) is 2.39. The first-order chi connectivity index (χ1) is 9.49. The second-order valence-electron chi connectivity index (χ2n) is 4.76. The van der Waals surface area contributed by atoms with E-state index in [2.05, 4.69) is 15.5 Å². The highest BCUT2D eigenvalue weighted by molar-refractivity contribution is 5.40. The van der Waals surface area contributed by atoms with E-state index in [1.54, 1.807) is 7.11 Å². The van der Waals surface area contributed by atoms with Crippen LogP contribution >= 0.6 is 0 Å². The van der Waals surface area contributed by atoms with E-state index in [0.717, 1.165) is 12.3 Å². The van der Waals surface area contributed by atoms with Crippen molar-refractivity contribution < 1.29 is 17.9 Å². The first-order valence-electron chi connectivity index (χ1n) is 6.17. The normalized spacial score (nSPS) is 23.6. The topological polar surface area (TPSA) is 51.5 Å². The Balaban J connectivity index is 2.00. The predicted octanol–water partition coefficient (Wildman–Crippen LogP) is 1.80. The van der Waals surface area contributed by atoms with Gasteiger partial charge >= 0.3 is 6.18 Å². The van der Waals surface area contributed by atoms with Gasteiger partial charge in [-0.15, -0.1) is 10.2 Å². The maximum Gasteiger partial charge on any atom is 0.417 e. The SMILES string of the molecule is COC1CNC(c2nnc3ccc(C(F)(F)F)cn23)C1. The molecule has 5 nitrogen and oxygen atoms in total. The van der Waals surface area contributed by atoms with E-state index in [1.165, 1.54) is 10.5 Å². The monoisotopic (exact) mass is 286 g/mol. The minimum atomic E-state index is -4.38. The first-order valence-corrected chi connectivity index (χ1v) is 6.17. The molecule has 0 spiro atoms. The number of nitrogens with one attached hydrogen (secondary N) is 1. The van der Waals surface area contributed by atoms with Gasteiger partial charge in [0.15, 0.2) is 11.5 Å². The van der Waals surface area contributed by atoms with Crippen molar-refractivity contribution in [1.29, 1.82) is 0 Å². The number of pyridine rings is 1. The molecule has 0 saturated carbocycles. The number of fused-ring (bicyclic) bond motifs is 1. The van der Waals surface area contributed by atoms with Gasteiger partial charge in [0, 0.05) is 19.9 Å². The number of aromatic nitrogens is 3. The zero-order valence-electron chi connectivity index (χ0n) is 10.7. The fourth-order valence-corrected chi connectivity index (χ4v) is 2.39. The minimum absolute atomic E-state index is 0.0400. The van der Waals surface area contributed by atoms with E-state index in [4.69, 9.17) is 4.74 Å². The zero-order chi connectivity index (χ0) is 14.3. The summed E-state index contributed by atoms with van der Waals surface area (Å²) in [5.74, 6) is 0.477. The van der Waals surface area contributed by atoms with E-state index >= 15 is 0 Å². The van der Waals surface area contributed by atoms with Gasteiger partial charge in [-0.1, -0.05) is 0 Å². The summed E-state index contributed by atoms with van der Waals surface area (Å²) in [6.45, 7) is 0.648. The number of alkyl halides is 3. The van der Waals surface area contributed by atoms with Crippen molar-refractivity contribution >= 4 is 5.65 Å². The molecular formula is C12H13F3N4O. The van der Waals surface area contributed by atoms with Crippen molar-refractivity contribution in [2.45, 2.75) is 24.7 Å². The van der Waals surface area contributed by atoms with Crippen molar-refractivity contribution in [2.75, 3.05) is 13.7 Å². The molecule has 1 N–H and O–H groups in total. The van der Waals surface area contributed by atoms with Crippen LogP contribution in [0, 0.1) is 0 Å². The molecule has 20 heavy (non-hydrogen) atoms. The van der Waals surface area contributed by atoms with Gasteiger partial charge in [-0.25, -0.2) is 0 Å². The molecule has 3 rings (SSSR count). The summed E-state index contributed by atoms with van der Waals surface area (Å²) in [4.78, 5) is 0. The zero-order valence-corrected chi connectivity index (χ0v) is 10.7. The molecule has 8 heteroatoms. The molecule has 1 saturated heterocycles. The Bertz CT molecular complexity index is 625. The quantitative estimate of drug-likeness (QED) is 0.914. The number of halogens is 3. The molecule has 2 atom stereocenters. The maximum atomic E-state index is 12.8. The first kappa shape index (κ1) is 13.3. The van der Waals surface area contributed by atoms with Crippen LogP contribution < -0.4 is 5.32 Å². The molecule has 2 unspecified atom stereocenters. The number of methoxy groups -OCH3 is 1. The molecule has 0 bridgehead atoms. The van der Waals surface area contributed by atoms with Gasteiger partial charge in [-0.3, -0.25) is 4.40 Å². The van der Waals surface area contributed by atoms with E-state index in [0.29, 0.717) is 24.4 Å². The van der Waals surface area contributed by atoms with Crippen LogP contribution in [0.4, 0.5) is 13.2 Å². The number of rotatable bonds is 2. The van der Waals surface area contributed by atoms with Crippen LogP contribution in [0.25, 0.3) is 5.65 Å². The summed E-state index contributed by atoms with van der Waals surface area (Å²) in [6.07, 6.45) is -2.65. The van der Waals surface area contributed by atoms with Gasteiger partial charge in [0.1, 0.15) is 0 Å². The summed E-state index contributed by atoms with van der Waals surface area (Å²) in [6, 6.07) is 2.18. The molecule has 1 aliphatic rings. The molecule has 0 radical (unpaired) electrons. The van der Waals surface area contributed by atoms with Gasteiger partial charge in [0.05, 0.1) is 17.7 Å². The number of hydrogen-bond acceptors (Lipinski definition) is 4. The third-order valence-electron chi connectivity index (χ3n) is 3.49. The average Bonchev–Trinajstić information content (AvgIpc) is 3.02. The number of nitrogens with zero attached hydrogens (tertiary/aromatic N) is 3. The van der Waals surface area contributed by atoms with Crippen LogP contribution in [-0.4, -0.2) is 34.4 Å². The third-order valence-corrected chi connectivity index (χ3v) is 3.49. The van der Waals surface area contributed by atoms with Gasteiger partial charge in [-0.05, 0) is 18.6 Å². The second kappa shape index (κ2) is 4.71. The highest BCUT2D eigenvalue weighted by Crippen LogP contribution is 2.30. The van der Waals surface area contributed by atoms with E-state index < -0.39 is 11.7 Å². The van der Waals surface area contributed by atoms with Gasteiger partial charge in [0.25, 0.3) is 0 Å². The Morgan fingerprint density at radius 3 is 2.80 bits per heavy atom. The van der Waals surface area contributed by atoms with Gasteiger partial charge < -0.3 is 10.1 Å². The van der Waals surface area contributed by atoms with E-state index in [1.807, 2.05) is 0 Å². The molecule has 1 aliphatic heterocycles. The van der Waals surface area contributed by atoms with Crippen LogP contribution in [0.15, 0.2) is 18.3 Å². The average molecular weight is 286 g/mol. The number of ether oxygens (including phenoxy) is 1. The van der Waals surface area contributed by atoms with E-state index in [9.17, 15) is 13.2 Å². The largest absolute Gasteiger partial charge is 0.417 e. The van der Waals surface area contributed by atoms with Crippen LogP contribution in [0.5, 0.6) is 0 Å². The van der Waals surface area contributed by atoms with Crippen LogP contribution in [0.3, 0.4) is 0 Å². The van der Waals surface area contributed by atoms with Crippen molar-refractivity contribution in [3.8, 4) is 0 Å². The lowest BCUT2D eigenvalue weighted by molar-refractivity contribution is -0.137. The minimum Gasteiger partial charge on any atom is -0.380 e. The van der Waals surface area contributed by atoms with Crippen molar-refractivity contribution in [2.24, 2.45) is 0 Å². The molecule has 108 valence electrons. The van der Waals surface area contributed by atoms with Crippen molar-refractivity contribution in [1.82, 2.24) is 19.9 Å². The Labute approximate surface area is 112 Å². The summed E-state index contributed by atoms with van der Waals surface area (Å²) < 4.78 is 44.9. The lowest BCUT2D eigenvalue weighted by Gasteiger charge is -2.10. The Morgan fingerprint density at radius 2 is 2.15 bits per heavy atom. The lowest BCUT2D eigenvalue weighted by atomic mass is 10.2. The molecular weight excluding hydrogens is 273 g/mol. The smallest absolute Gasteiger partial charge is 0.380 e. The summed E-state index contributed by atoms with van der Waals surface area (Å²) in [5, 5.41) is 11.1. The molecule has 1 fully saturated rings. The highest BCUT2D eigenvalue weighted by atomic mass is 19.4. The van der Waals surface area contributed by atoms with Crippen LogP contribution in [-0.2, 0) is 10.9 Å². The van der Waals surface area contributed by atoms with E-state index in [-0.39, 0.29) is 12.1 Å². The molecule has 3 heterocycles. The fraction of sp³-hybridized carbons (Fsp3) is 0.500.